The largest absolute Gasteiger partial charge is 0.494 e. The van der Waals surface area contributed by atoms with E-state index in [0.717, 1.165) is 48.0 Å². The molecule has 0 unspecified atom stereocenters. The summed E-state index contributed by atoms with van der Waals surface area (Å²) in [6.07, 6.45) is 5.97. The third-order valence-corrected chi connectivity index (χ3v) is 6.04. The van der Waals surface area contributed by atoms with Crippen molar-refractivity contribution in [3.63, 3.8) is 0 Å². The fourth-order valence-corrected chi connectivity index (χ4v) is 4.47. The van der Waals surface area contributed by atoms with Crippen LogP contribution in [0.15, 0.2) is 42.7 Å². The molecule has 0 saturated heterocycles. The number of hydrogen-bond donors (Lipinski definition) is 2. The molecule has 2 aromatic heterocycles. The highest BCUT2D eigenvalue weighted by atomic mass is 20.0. The zero-order chi connectivity index (χ0) is 29.2. The van der Waals surface area contributed by atoms with Gasteiger partial charge in [-0.25, -0.2) is 9.97 Å². The Kier molecular flexibility index (Phi) is 10.3. The Morgan fingerprint density at radius 2 is 2.02 bits per heavy atom. The van der Waals surface area contributed by atoms with Gasteiger partial charge in [0, 0.05) is 66.7 Å². The van der Waals surface area contributed by atoms with Gasteiger partial charge in [-0.2, -0.15) is 4.39 Å². The molecule has 9 nitrogen and oxygen atoms in total. The van der Waals surface area contributed by atoms with Crippen LogP contribution in [0.3, 0.4) is 0 Å². The van der Waals surface area contributed by atoms with E-state index in [2.05, 4.69) is 39.0 Å². The van der Waals surface area contributed by atoms with Gasteiger partial charge in [-0.15, -0.1) is 0 Å². The van der Waals surface area contributed by atoms with Crippen molar-refractivity contribution < 1.29 is 37.5 Å². The van der Waals surface area contributed by atoms with Crippen LogP contribution in [0.5, 0.6) is 5.75 Å². The molecule has 210 valence electrons. The van der Waals surface area contributed by atoms with Crippen LogP contribution in [-0.4, -0.2) is 38.3 Å². The van der Waals surface area contributed by atoms with E-state index >= 15 is 0 Å². The number of rotatable bonds is 6. The second-order valence-electron chi connectivity index (χ2n) is 8.27. The average molecular weight is 563 g/mol. The van der Waals surface area contributed by atoms with Crippen LogP contribution in [0.1, 0.15) is 24.0 Å². The standard InChI is InChI=1S/C26H22FN5O4.2F2/c1-36-23-12-20(27)22(32(34)35)13-21(23)29-26-28-14-17(6-2-3-11-33)24(30-26)19-15-31-10-5-8-16-7-4-9-18(19)25(16)31;2*1-2/h4,7,9,12-15,33H,3,5,8,10-11H2,1H3,(H,28,29,30);;. The van der Waals surface area contributed by atoms with Crippen molar-refractivity contribution in [2.75, 3.05) is 19.0 Å². The molecule has 2 aromatic carbocycles. The van der Waals surface area contributed by atoms with Crippen LogP contribution in [-0.2, 0) is 13.0 Å². The van der Waals surface area contributed by atoms with Crippen molar-refractivity contribution in [3.05, 3.63) is 69.8 Å². The summed E-state index contributed by atoms with van der Waals surface area (Å²) in [4.78, 5) is 19.5. The number of benzene rings is 2. The highest BCUT2D eigenvalue weighted by molar-refractivity contribution is 5.98. The van der Waals surface area contributed by atoms with Crippen LogP contribution in [0, 0.1) is 27.8 Å². The van der Waals surface area contributed by atoms with Gasteiger partial charge >= 0.3 is 5.69 Å². The molecule has 0 amide bonds. The average Bonchev–Trinajstić information content (AvgIpc) is 3.36. The summed E-state index contributed by atoms with van der Waals surface area (Å²) < 4.78 is 53.5. The number of halogens is 5. The Bertz CT molecular complexity index is 1570. The van der Waals surface area contributed by atoms with E-state index in [0.29, 0.717) is 17.7 Å². The number of nitrogens with zero attached hydrogens (tertiary/aromatic N) is 4. The van der Waals surface area contributed by atoms with Gasteiger partial charge in [0.05, 0.1) is 41.1 Å². The van der Waals surface area contributed by atoms with E-state index in [1.165, 1.54) is 12.7 Å². The molecule has 1 aliphatic rings. The molecule has 0 aliphatic carbocycles. The number of para-hydroxylation sites is 1. The minimum atomic E-state index is -1.01. The summed E-state index contributed by atoms with van der Waals surface area (Å²) in [5.74, 6) is 5.18. The number of nitrogens with one attached hydrogen (secondary N) is 1. The van der Waals surface area contributed by atoms with Crippen molar-refractivity contribution in [2.45, 2.75) is 25.8 Å². The second-order valence-corrected chi connectivity index (χ2v) is 8.27. The minimum Gasteiger partial charge on any atom is -0.494 e. The van der Waals surface area contributed by atoms with E-state index < -0.39 is 16.4 Å². The van der Waals surface area contributed by atoms with Gasteiger partial charge in [0.2, 0.25) is 11.8 Å². The number of aryl methyl sites for hydroxylation is 2. The summed E-state index contributed by atoms with van der Waals surface area (Å²) in [5, 5.41) is 24.4. The van der Waals surface area contributed by atoms with Crippen LogP contribution in [0.25, 0.3) is 22.2 Å². The van der Waals surface area contributed by atoms with E-state index in [1.807, 2.05) is 12.1 Å². The number of aliphatic hydroxyl groups is 1. The molecule has 1 aliphatic heterocycles. The highest BCUT2D eigenvalue weighted by Gasteiger charge is 2.22. The summed E-state index contributed by atoms with van der Waals surface area (Å²) in [7, 11) is 1.34. The maximum absolute atomic E-state index is 14.1. The highest BCUT2D eigenvalue weighted by Crippen LogP contribution is 2.37. The predicted molar refractivity (Wildman–Crippen MR) is 137 cm³/mol. The van der Waals surface area contributed by atoms with E-state index in [1.54, 1.807) is 6.20 Å². The molecule has 0 bridgehead atoms. The number of methoxy groups -OCH3 is 1. The number of anilines is 2. The van der Waals surface area contributed by atoms with Crippen LogP contribution in [0.2, 0.25) is 0 Å². The van der Waals surface area contributed by atoms with E-state index in [-0.39, 0.29) is 24.0 Å². The number of nitro benzene ring substituents is 1. The molecule has 5 rings (SSSR count). The van der Waals surface area contributed by atoms with Gasteiger partial charge in [-0.3, -0.25) is 10.1 Å². The maximum Gasteiger partial charge on any atom is 0.307 e. The third kappa shape index (κ3) is 6.10. The third-order valence-electron chi connectivity index (χ3n) is 6.04. The van der Waals surface area contributed by atoms with Gasteiger partial charge in [0.25, 0.3) is 0 Å². The Labute approximate surface area is 224 Å². The summed E-state index contributed by atoms with van der Waals surface area (Å²) in [5.41, 5.74) is 3.93. The van der Waals surface area contributed by atoms with Crippen molar-refractivity contribution in [2.24, 2.45) is 0 Å². The lowest BCUT2D eigenvalue weighted by Crippen LogP contribution is -2.05. The molecule has 2 N–H and O–H groups in total. The van der Waals surface area contributed by atoms with Crippen molar-refractivity contribution in [1.82, 2.24) is 14.5 Å². The SMILES string of the molecule is COc1cc(F)c([N+](=O)[O-])cc1Nc1ncc(C#CCCO)c(-c2cn3c4c(cccc24)CCC3)n1.FF.FF. The van der Waals surface area contributed by atoms with Crippen molar-refractivity contribution >= 4 is 28.2 Å². The van der Waals surface area contributed by atoms with Gasteiger partial charge < -0.3 is 19.7 Å². The first kappa shape index (κ1) is 29.8. The normalized spacial score (nSPS) is 11.3. The molecule has 0 spiro atoms. The molecule has 0 fully saturated rings. The summed E-state index contributed by atoms with van der Waals surface area (Å²) >= 11 is 0. The summed E-state index contributed by atoms with van der Waals surface area (Å²) in [6, 6.07) is 8.19. The van der Waals surface area contributed by atoms with E-state index in [4.69, 9.17) is 33.1 Å². The molecular weight excluding hydrogens is 541 g/mol. The first-order valence-electron chi connectivity index (χ1n) is 11.7. The van der Waals surface area contributed by atoms with Gasteiger partial charge in [0.1, 0.15) is 5.75 Å². The Morgan fingerprint density at radius 1 is 1.25 bits per heavy atom. The Morgan fingerprint density at radius 3 is 2.73 bits per heavy atom. The zero-order valence-electron chi connectivity index (χ0n) is 20.9. The summed E-state index contributed by atoms with van der Waals surface area (Å²) in [6.45, 7) is 0.834. The quantitative estimate of drug-likeness (QED) is 0.123. The minimum absolute atomic E-state index is 0.0609. The van der Waals surface area contributed by atoms with Crippen LogP contribution >= 0.6 is 0 Å². The predicted octanol–water partition coefficient (Wildman–Crippen LogP) is 6.26. The van der Waals surface area contributed by atoms with Gasteiger partial charge in [0.15, 0.2) is 0 Å². The molecule has 0 saturated carbocycles. The molecule has 0 radical (unpaired) electrons. The molecule has 4 aromatic rings. The monoisotopic (exact) mass is 563 g/mol. The van der Waals surface area contributed by atoms with Crippen molar-refractivity contribution in [1.29, 1.82) is 0 Å². The number of aliphatic hydroxyl groups excluding tert-OH is 1. The lowest BCUT2D eigenvalue weighted by Gasteiger charge is -2.14. The molecular formula is C26H22F5N5O4. The Balaban J connectivity index is 0.00000106. The van der Waals surface area contributed by atoms with Crippen LogP contribution in [0.4, 0.5) is 40.0 Å². The number of nitro groups is 1. The fraction of sp³-hybridized carbons (Fsp3) is 0.231. The fourth-order valence-electron chi connectivity index (χ4n) is 4.47. The van der Waals surface area contributed by atoms with Crippen molar-refractivity contribution in [3.8, 4) is 28.8 Å². The van der Waals surface area contributed by atoms with Gasteiger partial charge in [-0.1, -0.05) is 30.0 Å². The number of ether oxygens (including phenoxy) is 1. The van der Waals surface area contributed by atoms with Gasteiger partial charge in [-0.05, 0) is 18.4 Å². The molecule has 3 heterocycles. The first-order valence-corrected chi connectivity index (χ1v) is 11.7. The van der Waals surface area contributed by atoms with Crippen LogP contribution < -0.4 is 10.1 Å². The van der Waals surface area contributed by atoms with E-state index in [9.17, 15) is 14.5 Å². The number of hydrogen-bond acceptors (Lipinski definition) is 7. The lowest BCUT2D eigenvalue weighted by molar-refractivity contribution is -0.387. The Hall–Kier alpha value is -4.77. The topological polar surface area (TPSA) is 115 Å². The molecule has 14 heteroatoms. The maximum atomic E-state index is 14.1. The molecule has 0 atom stereocenters. The first-order chi connectivity index (χ1) is 19.5. The number of aromatic nitrogens is 3. The smallest absolute Gasteiger partial charge is 0.307 e. The zero-order valence-corrected chi connectivity index (χ0v) is 20.9. The molecule has 40 heavy (non-hydrogen) atoms. The lowest BCUT2D eigenvalue weighted by atomic mass is 10.0. The second kappa shape index (κ2) is 13.9.